The molecule has 4 N–H and O–H groups in total. The molecule has 1 aromatic heterocycles. The van der Waals surface area contributed by atoms with Crippen molar-refractivity contribution >= 4 is 50.0 Å². The van der Waals surface area contributed by atoms with Crippen LogP contribution in [0.15, 0.2) is 36.4 Å². The molecule has 0 atom stereocenters. The second-order valence-corrected chi connectivity index (χ2v) is 9.17. The lowest BCUT2D eigenvalue weighted by atomic mass is 10.1. The van der Waals surface area contributed by atoms with Gasteiger partial charge in [0.2, 0.25) is 0 Å². The lowest BCUT2D eigenvalue weighted by molar-refractivity contribution is 0.101. The number of nitrogens with one attached hydrogen (secondary N) is 4. The SMILES string of the molecule is Cn1nc2cc(NS(=O)(=O)NCC3CNC3)ccc2c1C(=O)Nc1ccc(F)c(Cl)c1. The normalized spacial score (nSPS) is 14.4. The molecule has 31 heavy (non-hydrogen) atoms. The number of anilines is 2. The van der Waals surface area contributed by atoms with Gasteiger partial charge in [-0.05, 0) is 42.3 Å². The molecule has 3 aromatic rings. The van der Waals surface area contributed by atoms with Gasteiger partial charge in [-0.1, -0.05) is 11.6 Å². The van der Waals surface area contributed by atoms with Crippen LogP contribution in [0.4, 0.5) is 15.8 Å². The van der Waals surface area contributed by atoms with Crippen LogP contribution < -0.4 is 20.1 Å². The lowest BCUT2D eigenvalue weighted by Crippen LogP contribution is -2.48. The molecule has 2 heterocycles. The van der Waals surface area contributed by atoms with Crippen molar-refractivity contribution in [1.29, 1.82) is 0 Å². The summed E-state index contributed by atoms with van der Waals surface area (Å²) in [7, 11) is -2.13. The van der Waals surface area contributed by atoms with E-state index in [1.165, 1.54) is 16.8 Å². The number of carbonyl (C=O) groups excluding carboxylic acids is 1. The zero-order valence-corrected chi connectivity index (χ0v) is 18.0. The summed E-state index contributed by atoms with van der Waals surface area (Å²) in [5, 5.41) is 10.5. The highest BCUT2D eigenvalue weighted by molar-refractivity contribution is 7.90. The molecule has 12 heteroatoms. The molecule has 0 aliphatic carbocycles. The van der Waals surface area contributed by atoms with Crippen LogP contribution in [0.1, 0.15) is 10.5 Å². The summed E-state index contributed by atoms with van der Waals surface area (Å²) in [5.74, 6) is -0.761. The van der Waals surface area contributed by atoms with Crippen molar-refractivity contribution in [1.82, 2.24) is 19.8 Å². The molecular weight excluding hydrogens is 447 g/mol. The van der Waals surface area contributed by atoms with Crippen LogP contribution in [-0.4, -0.2) is 43.7 Å². The summed E-state index contributed by atoms with van der Waals surface area (Å²) in [5.41, 5.74) is 1.36. The summed E-state index contributed by atoms with van der Waals surface area (Å²) in [6.45, 7) is 1.93. The largest absolute Gasteiger partial charge is 0.321 e. The van der Waals surface area contributed by atoms with Crippen molar-refractivity contribution in [2.75, 3.05) is 29.7 Å². The molecule has 0 bridgehead atoms. The summed E-state index contributed by atoms with van der Waals surface area (Å²) in [4.78, 5) is 12.8. The molecule has 0 saturated carbocycles. The third kappa shape index (κ3) is 4.79. The molecule has 0 spiro atoms. The van der Waals surface area contributed by atoms with Gasteiger partial charge in [0, 0.05) is 37.8 Å². The molecule has 2 aromatic carbocycles. The highest BCUT2D eigenvalue weighted by Gasteiger charge is 2.21. The number of fused-ring (bicyclic) bond motifs is 1. The van der Waals surface area contributed by atoms with Gasteiger partial charge in [-0.15, -0.1) is 0 Å². The van der Waals surface area contributed by atoms with Gasteiger partial charge >= 0.3 is 0 Å². The Morgan fingerprint density at radius 2 is 2.00 bits per heavy atom. The van der Waals surface area contributed by atoms with Gasteiger partial charge in [-0.25, -0.2) is 4.39 Å². The van der Waals surface area contributed by atoms with Crippen molar-refractivity contribution in [2.24, 2.45) is 13.0 Å². The number of benzene rings is 2. The molecule has 1 fully saturated rings. The van der Waals surface area contributed by atoms with Crippen molar-refractivity contribution < 1.29 is 17.6 Å². The van der Waals surface area contributed by atoms with Crippen molar-refractivity contribution in [3.8, 4) is 0 Å². The molecule has 1 aliphatic rings. The molecule has 4 rings (SSSR count). The van der Waals surface area contributed by atoms with E-state index in [1.807, 2.05) is 0 Å². The summed E-state index contributed by atoms with van der Waals surface area (Å²) >= 11 is 5.76. The van der Waals surface area contributed by atoms with Gasteiger partial charge in [0.1, 0.15) is 11.5 Å². The van der Waals surface area contributed by atoms with Crippen LogP contribution in [0.2, 0.25) is 5.02 Å². The second kappa shape index (κ2) is 8.42. The first-order valence-electron chi connectivity index (χ1n) is 9.43. The van der Waals surface area contributed by atoms with E-state index < -0.39 is 21.9 Å². The first-order chi connectivity index (χ1) is 14.7. The standard InChI is InChI=1S/C19H20ClFN6O3S/c1-27-18(19(28)24-12-3-5-16(21)15(20)6-12)14-4-2-13(7-17(14)25-27)26-31(29,30)23-10-11-8-22-9-11/h2-7,11,22-23,26H,8-10H2,1H3,(H,24,28). The number of carbonyl (C=O) groups is 1. The first-order valence-corrected chi connectivity index (χ1v) is 11.3. The Morgan fingerprint density at radius 3 is 2.68 bits per heavy atom. The molecular formula is C19H20ClFN6O3S. The van der Waals surface area contributed by atoms with Crippen LogP contribution in [0, 0.1) is 11.7 Å². The predicted molar refractivity (Wildman–Crippen MR) is 117 cm³/mol. The van der Waals surface area contributed by atoms with Crippen LogP contribution in [0.5, 0.6) is 0 Å². The average Bonchev–Trinajstić information content (AvgIpc) is 2.98. The number of aromatic nitrogens is 2. The monoisotopic (exact) mass is 466 g/mol. The first kappa shape index (κ1) is 21.5. The third-order valence-corrected chi connectivity index (χ3v) is 6.25. The molecule has 9 nitrogen and oxygen atoms in total. The average molecular weight is 467 g/mol. The smallest absolute Gasteiger partial charge is 0.299 e. The number of aryl methyl sites for hydroxylation is 1. The fraction of sp³-hybridized carbons (Fsp3) is 0.263. The van der Waals surface area contributed by atoms with E-state index in [-0.39, 0.29) is 16.6 Å². The maximum Gasteiger partial charge on any atom is 0.299 e. The zero-order chi connectivity index (χ0) is 22.2. The van der Waals surface area contributed by atoms with Crippen LogP contribution in [0.3, 0.4) is 0 Å². The Balaban J connectivity index is 1.52. The fourth-order valence-corrected chi connectivity index (χ4v) is 4.35. The Labute approximate surface area is 183 Å². The Hall–Kier alpha value is -2.73. The number of hydrogen-bond acceptors (Lipinski definition) is 5. The zero-order valence-electron chi connectivity index (χ0n) is 16.4. The number of nitrogens with zero attached hydrogens (tertiary/aromatic N) is 2. The van der Waals surface area contributed by atoms with E-state index in [0.717, 1.165) is 19.2 Å². The third-order valence-electron chi connectivity index (χ3n) is 4.91. The van der Waals surface area contributed by atoms with Gasteiger partial charge in [0.05, 0.1) is 16.2 Å². The van der Waals surface area contributed by atoms with E-state index in [2.05, 4.69) is 25.2 Å². The summed E-state index contributed by atoms with van der Waals surface area (Å²) in [6, 6.07) is 8.59. The molecule has 1 amide bonds. The quantitative estimate of drug-likeness (QED) is 0.425. The Morgan fingerprint density at radius 1 is 1.26 bits per heavy atom. The van der Waals surface area contributed by atoms with E-state index in [1.54, 1.807) is 25.2 Å². The minimum Gasteiger partial charge on any atom is -0.321 e. The van der Waals surface area contributed by atoms with Gasteiger partial charge < -0.3 is 10.6 Å². The summed E-state index contributed by atoms with van der Waals surface area (Å²) < 4.78 is 44.2. The molecule has 164 valence electrons. The van der Waals surface area contributed by atoms with Crippen LogP contribution in [-0.2, 0) is 17.3 Å². The van der Waals surface area contributed by atoms with E-state index in [4.69, 9.17) is 11.6 Å². The number of halogens is 2. The van der Waals surface area contributed by atoms with E-state index >= 15 is 0 Å². The molecule has 0 radical (unpaired) electrons. The van der Waals surface area contributed by atoms with Gasteiger partial charge in [-0.2, -0.15) is 18.2 Å². The minimum atomic E-state index is -3.73. The van der Waals surface area contributed by atoms with Crippen molar-refractivity contribution in [3.05, 3.63) is 52.9 Å². The predicted octanol–water partition coefficient (Wildman–Crippen LogP) is 2.08. The fourth-order valence-electron chi connectivity index (χ4n) is 3.21. The molecule has 1 saturated heterocycles. The van der Waals surface area contributed by atoms with Gasteiger partial charge in [-0.3, -0.25) is 14.2 Å². The van der Waals surface area contributed by atoms with Crippen molar-refractivity contribution in [3.63, 3.8) is 0 Å². The maximum atomic E-state index is 13.3. The lowest BCUT2D eigenvalue weighted by Gasteiger charge is -2.27. The van der Waals surface area contributed by atoms with Crippen LogP contribution in [0.25, 0.3) is 10.9 Å². The van der Waals surface area contributed by atoms with Gasteiger partial charge in [0.25, 0.3) is 16.1 Å². The minimum absolute atomic E-state index is 0.105. The maximum absolute atomic E-state index is 13.3. The Bertz CT molecular complexity index is 1260. The second-order valence-electron chi connectivity index (χ2n) is 7.27. The molecule has 1 aliphatic heterocycles. The van der Waals surface area contributed by atoms with E-state index in [9.17, 15) is 17.6 Å². The topological polar surface area (TPSA) is 117 Å². The molecule has 0 unspecified atom stereocenters. The highest BCUT2D eigenvalue weighted by Crippen LogP contribution is 2.24. The van der Waals surface area contributed by atoms with Crippen molar-refractivity contribution in [2.45, 2.75) is 0 Å². The van der Waals surface area contributed by atoms with E-state index in [0.29, 0.717) is 28.8 Å². The van der Waals surface area contributed by atoms with Gasteiger partial charge in [0.15, 0.2) is 0 Å². The van der Waals surface area contributed by atoms with Crippen LogP contribution >= 0.6 is 11.6 Å². The number of hydrogen-bond donors (Lipinski definition) is 4. The summed E-state index contributed by atoms with van der Waals surface area (Å²) in [6.07, 6.45) is 0. The number of amides is 1. The number of rotatable bonds is 7. The highest BCUT2D eigenvalue weighted by atomic mass is 35.5. The Kier molecular flexibility index (Phi) is 5.84.